The summed E-state index contributed by atoms with van der Waals surface area (Å²) < 4.78 is 27.9. The Morgan fingerprint density at radius 1 is 1.18 bits per heavy atom. The van der Waals surface area contributed by atoms with Crippen LogP contribution >= 0.6 is 7.60 Å². The smallest absolute Gasteiger partial charge is 0.408 e. The maximum absolute atomic E-state index is 12.6. The summed E-state index contributed by atoms with van der Waals surface area (Å²) in [5, 5.41) is 2.59. The minimum absolute atomic E-state index is 0.305. The Bertz CT molecular complexity index is 518. The predicted molar refractivity (Wildman–Crippen MR) is 84.9 cm³/mol. The molecule has 0 fully saturated rings. The van der Waals surface area contributed by atoms with Gasteiger partial charge in [-0.3, -0.25) is 4.57 Å². The number of ether oxygens (including phenoxy) is 1. The van der Waals surface area contributed by atoms with Gasteiger partial charge in [0.05, 0.1) is 0 Å². The SMILES string of the molecule is COP(=O)(OC)C(Cc1ccccc1)NC(=O)OC(C)(C)C. The van der Waals surface area contributed by atoms with Gasteiger partial charge in [-0.1, -0.05) is 30.3 Å². The van der Waals surface area contributed by atoms with Crippen molar-refractivity contribution < 1.29 is 23.1 Å². The maximum atomic E-state index is 12.6. The molecule has 0 aliphatic rings. The van der Waals surface area contributed by atoms with Crippen molar-refractivity contribution in [3.05, 3.63) is 35.9 Å². The molecule has 1 atom stereocenters. The van der Waals surface area contributed by atoms with E-state index in [-0.39, 0.29) is 0 Å². The third kappa shape index (κ3) is 5.79. The molecule has 1 aromatic carbocycles. The summed E-state index contributed by atoms with van der Waals surface area (Å²) in [6.45, 7) is 5.26. The molecule has 1 unspecified atom stereocenters. The van der Waals surface area contributed by atoms with Gasteiger partial charge in [-0.05, 0) is 26.3 Å². The van der Waals surface area contributed by atoms with E-state index < -0.39 is 25.1 Å². The normalized spacial score (nSPS) is 13.5. The molecule has 6 nitrogen and oxygen atoms in total. The van der Waals surface area contributed by atoms with E-state index in [4.69, 9.17) is 13.8 Å². The van der Waals surface area contributed by atoms with Gasteiger partial charge in [0.1, 0.15) is 11.4 Å². The summed E-state index contributed by atoms with van der Waals surface area (Å²) in [4.78, 5) is 12.0. The van der Waals surface area contributed by atoms with Gasteiger partial charge in [0.2, 0.25) is 0 Å². The zero-order valence-corrected chi connectivity index (χ0v) is 14.6. The quantitative estimate of drug-likeness (QED) is 0.808. The summed E-state index contributed by atoms with van der Waals surface area (Å²) in [6, 6.07) is 9.36. The van der Waals surface area contributed by atoms with Crippen molar-refractivity contribution in [2.45, 2.75) is 38.6 Å². The average molecular weight is 329 g/mol. The van der Waals surface area contributed by atoms with E-state index in [0.717, 1.165) is 5.56 Å². The van der Waals surface area contributed by atoms with Crippen molar-refractivity contribution in [1.82, 2.24) is 5.32 Å². The van der Waals surface area contributed by atoms with Gasteiger partial charge >= 0.3 is 13.7 Å². The second kappa shape index (κ2) is 7.77. The minimum Gasteiger partial charge on any atom is -0.444 e. The second-order valence-electron chi connectivity index (χ2n) is 5.76. The molecule has 0 saturated carbocycles. The van der Waals surface area contributed by atoms with Crippen LogP contribution in [0.5, 0.6) is 0 Å². The number of amides is 1. The monoisotopic (exact) mass is 329 g/mol. The maximum Gasteiger partial charge on any atom is 0.408 e. The van der Waals surface area contributed by atoms with Gasteiger partial charge in [0, 0.05) is 20.6 Å². The van der Waals surface area contributed by atoms with Crippen LogP contribution in [0.3, 0.4) is 0 Å². The Balaban J connectivity index is 2.92. The Hall–Kier alpha value is -1.36. The molecule has 7 heteroatoms. The number of rotatable bonds is 6. The zero-order valence-electron chi connectivity index (χ0n) is 13.7. The van der Waals surface area contributed by atoms with Crippen LogP contribution in [0.1, 0.15) is 26.3 Å². The molecule has 1 rings (SSSR count). The fourth-order valence-corrected chi connectivity index (χ4v) is 3.21. The molecule has 124 valence electrons. The van der Waals surface area contributed by atoms with E-state index in [0.29, 0.717) is 6.42 Å². The molecular formula is C15H24NO5P. The third-order valence-electron chi connectivity index (χ3n) is 2.85. The Labute approximate surface area is 131 Å². The fraction of sp³-hybridized carbons (Fsp3) is 0.533. The zero-order chi connectivity index (χ0) is 16.8. The summed E-state index contributed by atoms with van der Waals surface area (Å²) in [5.74, 6) is -0.834. The Kier molecular flexibility index (Phi) is 6.60. The predicted octanol–water partition coefficient (Wildman–Crippen LogP) is 3.57. The Morgan fingerprint density at radius 2 is 1.73 bits per heavy atom. The minimum atomic E-state index is -3.49. The van der Waals surface area contributed by atoms with Gasteiger partial charge in [-0.15, -0.1) is 0 Å². The molecule has 1 N–H and O–H groups in total. The number of hydrogen-bond acceptors (Lipinski definition) is 5. The highest BCUT2D eigenvalue weighted by Crippen LogP contribution is 2.51. The number of hydrogen-bond donors (Lipinski definition) is 1. The molecule has 0 aliphatic heterocycles. The summed E-state index contributed by atoms with van der Waals surface area (Å²) >= 11 is 0. The van der Waals surface area contributed by atoms with Crippen molar-refractivity contribution in [3.63, 3.8) is 0 Å². The number of nitrogens with one attached hydrogen (secondary N) is 1. The van der Waals surface area contributed by atoms with E-state index in [2.05, 4.69) is 5.32 Å². The van der Waals surface area contributed by atoms with Crippen LogP contribution in [0.2, 0.25) is 0 Å². The summed E-state index contributed by atoms with van der Waals surface area (Å²) in [7, 11) is -0.907. The molecule has 0 heterocycles. The molecule has 0 bridgehead atoms. The van der Waals surface area contributed by atoms with Crippen molar-refractivity contribution in [3.8, 4) is 0 Å². The standard InChI is InChI=1S/C15H24NO5P/c1-15(2,3)21-14(17)16-13(22(18,19-4)20-5)11-12-9-7-6-8-10-12/h6-10,13H,11H2,1-5H3,(H,16,17). The fourth-order valence-electron chi connectivity index (χ4n) is 1.85. The van der Waals surface area contributed by atoms with E-state index in [1.807, 2.05) is 30.3 Å². The number of carbonyl (C=O) groups excluding carboxylic acids is 1. The molecule has 22 heavy (non-hydrogen) atoms. The lowest BCUT2D eigenvalue weighted by molar-refractivity contribution is 0.0512. The van der Waals surface area contributed by atoms with Gasteiger partial charge in [-0.2, -0.15) is 0 Å². The largest absolute Gasteiger partial charge is 0.444 e. The molecule has 0 aromatic heterocycles. The third-order valence-corrected chi connectivity index (χ3v) is 4.94. The van der Waals surface area contributed by atoms with Crippen LogP contribution < -0.4 is 5.32 Å². The first-order chi connectivity index (χ1) is 10.2. The molecule has 0 saturated heterocycles. The van der Waals surface area contributed by atoms with Crippen molar-refractivity contribution in [1.29, 1.82) is 0 Å². The van der Waals surface area contributed by atoms with Crippen molar-refractivity contribution in [2.24, 2.45) is 0 Å². The molecule has 0 spiro atoms. The van der Waals surface area contributed by atoms with E-state index >= 15 is 0 Å². The average Bonchev–Trinajstić information content (AvgIpc) is 2.45. The van der Waals surface area contributed by atoms with Crippen LogP contribution in [-0.4, -0.2) is 31.7 Å². The molecular weight excluding hydrogens is 305 g/mol. The lowest BCUT2D eigenvalue weighted by atomic mass is 10.1. The van der Waals surface area contributed by atoms with Crippen LogP contribution in [0, 0.1) is 0 Å². The molecule has 1 aromatic rings. The van der Waals surface area contributed by atoms with Gasteiger partial charge in [-0.25, -0.2) is 4.79 Å². The highest BCUT2D eigenvalue weighted by Gasteiger charge is 2.36. The van der Waals surface area contributed by atoms with Crippen molar-refractivity contribution in [2.75, 3.05) is 14.2 Å². The first-order valence-electron chi connectivity index (χ1n) is 6.95. The topological polar surface area (TPSA) is 73.9 Å². The lowest BCUT2D eigenvalue weighted by Gasteiger charge is -2.27. The van der Waals surface area contributed by atoms with Crippen molar-refractivity contribution >= 4 is 13.7 Å². The summed E-state index contributed by atoms with van der Waals surface area (Å²) in [6.07, 6.45) is -0.360. The van der Waals surface area contributed by atoms with Gasteiger partial charge in [0.15, 0.2) is 0 Å². The molecule has 0 radical (unpaired) electrons. The highest BCUT2D eigenvalue weighted by atomic mass is 31.2. The molecule has 0 aliphatic carbocycles. The van der Waals surface area contributed by atoms with E-state index in [9.17, 15) is 9.36 Å². The lowest BCUT2D eigenvalue weighted by Crippen LogP contribution is -2.40. The number of alkyl carbamates (subject to hydrolysis) is 1. The first kappa shape index (κ1) is 18.7. The summed E-state index contributed by atoms with van der Waals surface area (Å²) in [5.41, 5.74) is 0.254. The van der Waals surface area contributed by atoms with Crippen LogP contribution in [0.25, 0.3) is 0 Å². The second-order valence-corrected chi connectivity index (χ2v) is 8.19. The van der Waals surface area contributed by atoms with E-state index in [1.165, 1.54) is 14.2 Å². The van der Waals surface area contributed by atoms with E-state index in [1.54, 1.807) is 20.8 Å². The van der Waals surface area contributed by atoms with Gasteiger partial charge < -0.3 is 19.1 Å². The number of benzene rings is 1. The molecule has 1 amide bonds. The Morgan fingerprint density at radius 3 is 2.18 bits per heavy atom. The first-order valence-corrected chi connectivity index (χ1v) is 8.56. The highest BCUT2D eigenvalue weighted by molar-refractivity contribution is 7.54. The van der Waals surface area contributed by atoms with Gasteiger partial charge in [0.25, 0.3) is 0 Å². The number of carbonyl (C=O) groups is 1. The van der Waals surface area contributed by atoms with Crippen LogP contribution in [-0.2, 0) is 24.8 Å². The van der Waals surface area contributed by atoms with Crippen LogP contribution in [0.15, 0.2) is 30.3 Å². The van der Waals surface area contributed by atoms with Crippen LogP contribution in [0.4, 0.5) is 4.79 Å².